The molecule has 6 nitrogen and oxygen atoms in total. The number of nitrogens with zero attached hydrogens (tertiary/aromatic N) is 4. The third-order valence-electron chi connectivity index (χ3n) is 19.2. The molecule has 8 aromatic heterocycles. The van der Waals surface area contributed by atoms with Gasteiger partial charge in [0.15, 0.2) is 0 Å². The first-order valence-corrected chi connectivity index (χ1v) is 43.5. The average molecular weight is 1410 g/mol. The number of carbonyl (C=O) groups excluding carboxylic acids is 2. The molecule has 94 heavy (non-hydrogen) atoms. The Hall–Kier alpha value is -4.12. The average Bonchev–Trinajstić information content (AvgIpc) is 1.55. The summed E-state index contributed by atoms with van der Waals surface area (Å²) < 4.78 is 0. The standard InChI is InChI=1S/C80H106N4O2S8/c1-7-13-19-25-27-31-39-57(37-29-21-15-9-3)55-83-73(77-81-53-69(93-77)67-51-59(41-33-23-17-11-5)75(91-67)65-47-45-63(89-65)61-43-35-49-87-61)71-72(79(83)85)74(84(80(71)86)56-58(38-30-22-16-10-4)40-32-28-26-20-14-8-2)78-82-54-70(94-78)68-52-60(42-34-24-18-12-6)76(92-68)66-48-46-64(90-66)62-44-36-50-88-62/h35-36,43-54,57-58H,7-34,37-42,55-56H2,1-6H3. The predicted octanol–water partition coefficient (Wildman–Crippen LogP) is 27.7. The summed E-state index contributed by atoms with van der Waals surface area (Å²) >= 11 is 14.5. The Bertz CT molecular complexity index is 3380. The lowest BCUT2D eigenvalue weighted by atomic mass is 9.93. The summed E-state index contributed by atoms with van der Waals surface area (Å²) in [5.41, 5.74) is 5.40. The van der Waals surface area contributed by atoms with Crippen LogP contribution in [0.15, 0.2) is 95.0 Å². The molecule has 10 heterocycles. The summed E-state index contributed by atoms with van der Waals surface area (Å²) in [6.45, 7) is 14.9. The minimum Gasteiger partial charge on any atom is -0.304 e. The van der Waals surface area contributed by atoms with Gasteiger partial charge in [0, 0.05) is 74.3 Å². The van der Waals surface area contributed by atoms with Crippen LogP contribution in [-0.2, 0) is 22.4 Å². The Morgan fingerprint density at radius 1 is 0.351 bits per heavy atom. The molecule has 0 radical (unpaired) electrons. The van der Waals surface area contributed by atoms with Crippen molar-refractivity contribution in [3.63, 3.8) is 0 Å². The number of carbonyl (C=O) groups is 2. The molecule has 2 amide bonds. The number of amides is 2. The Balaban J connectivity index is 1.09. The molecule has 14 heteroatoms. The van der Waals surface area contributed by atoms with Crippen LogP contribution in [-0.4, -0.2) is 44.7 Å². The number of unbranched alkanes of at least 4 members (excludes halogenated alkanes) is 22. The Kier molecular flexibility index (Phi) is 29.6. The van der Waals surface area contributed by atoms with E-state index in [-0.39, 0.29) is 11.8 Å². The van der Waals surface area contributed by atoms with Crippen LogP contribution >= 0.6 is 90.7 Å². The number of thiophene rings is 6. The van der Waals surface area contributed by atoms with Crippen molar-refractivity contribution in [2.24, 2.45) is 11.8 Å². The lowest BCUT2D eigenvalue weighted by Crippen LogP contribution is -2.35. The van der Waals surface area contributed by atoms with Crippen LogP contribution in [0.5, 0.6) is 0 Å². The van der Waals surface area contributed by atoms with Crippen molar-refractivity contribution in [1.82, 2.24) is 19.8 Å². The van der Waals surface area contributed by atoms with Crippen LogP contribution in [0.25, 0.3) is 69.9 Å². The number of aryl methyl sites for hydroxylation is 2. The fraction of sp³-hybridized carbons (Fsp3) is 0.550. The van der Waals surface area contributed by atoms with Crippen molar-refractivity contribution >= 4 is 114 Å². The first kappa shape index (κ1) is 72.6. The summed E-state index contributed by atoms with van der Waals surface area (Å²) in [4.78, 5) is 63.1. The molecule has 506 valence electrons. The van der Waals surface area contributed by atoms with E-state index < -0.39 is 0 Å². The minimum absolute atomic E-state index is 0.0414. The summed E-state index contributed by atoms with van der Waals surface area (Å²) in [5, 5.41) is 5.90. The maximum atomic E-state index is 16.5. The van der Waals surface area contributed by atoms with Gasteiger partial charge in [0.25, 0.3) is 11.8 Å². The fourth-order valence-electron chi connectivity index (χ4n) is 13.9. The van der Waals surface area contributed by atoms with Crippen LogP contribution < -0.4 is 0 Å². The van der Waals surface area contributed by atoms with Gasteiger partial charge in [-0.1, -0.05) is 221 Å². The Morgan fingerprint density at radius 2 is 0.691 bits per heavy atom. The van der Waals surface area contributed by atoms with E-state index in [0.29, 0.717) is 36.1 Å². The summed E-state index contributed by atoms with van der Waals surface area (Å²) in [7, 11) is 0. The van der Waals surface area contributed by atoms with Crippen LogP contribution in [0.1, 0.15) is 268 Å². The molecule has 8 aromatic rings. The second-order valence-electron chi connectivity index (χ2n) is 26.7. The lowest BCUT2D eigenvalue weighted by Gasteiger charge is -2.29. The number of aromatic nitrogens is 2. The number of hydrogen-bond acceptors (Lipinski definition) is 12. The van der Waals surface area contributed by atoms with Gasteiger partial charge in [0.1, 0.15) is 10.0 Å². The zero-order valence-corrected chi connectivity index (χ0v) is 64.1. The van der Waals surface area contributed by atoms with Crippen molar-refractivity contribution in [3.05, 3.63) is 116 Å². The summed E-state index contributed by atoms with van der Waals surface area (Å²) in [6, 6.07) is 22.9. The smallest absolute Gasteiger partial charge is 0.261 e. The fourth-order valence-corrected chi connectivity index (χ4v) is 22.4. The third-order valence-corrected chi connectivity index (χ3v) is 28.7. The molecular formula is C80H106N4O2S8. The van der Waals surface area contributed by atoms with E-state index in [2.05, 4.69) is 135 Å². The quantitative estimate of drug-likeness (QED) is 0.0357. The van der Waals surface area contributed by atoms with Gasteiger partial charge in [-0.2, -0.15) is 0 Å². The van der Waals surface area contributed by atoms with Crippen LogP contribution in [0, 0.1) is 11.8 Å². The van der Waals surface area contributed by atoms with Gasteiger partial charge in [-0.15, -0.1) is 90.7 Å². The lowest BCUT2D eigenvalue weighted by molar-refractivity contribution is -0.124. The number of fused-ring (bicyclic) bond motifs is 1. The highest BCUT2D eigenvalue weighted by atomic mass is 32.1. The molecule has 0 fully saturated rings. The van der Waals surface area contributed by atoms with Gasteiger partial charge in [0.2, 0.25) is 0 Å². The maximum Gasteiger partial charge on any atom is 0.261 e. The van der Waals surface area contributed by atoms with Gasteiger partial charge in [-0.25, -0.2) is 9.97 Å². The van der Waals surface area contributed by atoms with E-state index in [4.69, 9.17) is 9.97 Å². The number of hydrogen-bond donors (Lipinski definition) is 0. The molecule has 0 saturated carbocycles. The maximum absolute atomic E-state index is 16.5. The van der Waals surface area contributed by atoms with Gasteiger partial charge < -0.3 is 9.80 Å². The van der Waals surface area contributed by atoms with Crippen LogP contribution in [0.2, 0.25) is 0 Å². The van der Waals surface area contributed by atoms with Crippen molar-refractivity contribution in [2.75, 3.05) is 13.1 Å². The highest BCUT2D eigenvalue weighted by molar-refractivity contribution is 7.29. The Morgan fingerprint density at radius 3 is 1.05 bits per heavy atom. The molecule has 0 aliphatic carbocycles. The topological polar surface area (TPSA) is 66.4 Å². The zero-order chi connectivity index (χ0) is 65.4. The molecule has 0 aromatic carbocycles. The van der Waals surface area contributed by atoms with Crippen molar-refractivity contribution in [3.8, 4) is 58.5 Å². The molecule has 0 N–H and O–H groups in total. The Labute approximate surface area is 597 Å². The molecule has 0 bridgehead atoms. The van der Waals surface area contributed by atoms with Crippen molar-refractivity contribution in [1.29, 1.82) is 0 Å². The minimum atomic E-state index is -0.0414. The number of thiazole rings is 2. The second-order valence-corrected chi connectivity index (χ2v) is 34.9. The van der Waals surface area contributed by atoms with Crippen molar-refractivity contribution < 1.29 is 9.59 Å². The van der Waals surface area contributed by atoms with Gasteiger partial charge in [-0.05, 0) is 134 Å². The highest BCUT2D eigenvalue weighted by Crippen LogP contribution is 2.53. The van der Waals surface area contributed by atoms with E-state index in [9.17, 15) is 0 Å². The number of rotatable bonds is 46. The van der Waals surface area contributed by atoms with Gasteiger partial charge >= 0.3 is 0 Å². The molecule has 2 aliphatic heterocycles. The normalized spacial score (nSPS) is 14.1. The SMILES string of the molecule is CCCCCCCCC(CCCCCC)CN1C(=O)C2=C(c3ncc(-c4cc(CCCCCC)c(-c5ccc(-c6cccs6)s5)s4)s3)N(CC(CCCCCC)CCCCCCCC)C(=O)C2=C1c1ncc(-c2cc(CCCCCC)c(-c3ccc(-c4cccs4)s3)s2)s1. The predicted molar refractivity (Wildman–Crippen MR) is 418 cm³/mol. The van der Waals surface area contributed by atoms with Crippen molar-refractivity contribution in [2.45, 2.75) is 260 Å². The van der Waals surface area contributed by atoms with E-state index in [0.717, 1.165) is 108 Å². The summed E-state index contributed by atoms with van der Waals surface area (Å²) in [6.07, 6.45) is 44.6. The molecule has 2 aliphatic rings. The van der Waals surface area contributed by atoms with E-state index >= 15 is 9.59 Å². The van der Waals surface area contributed by atoms with Crippen LogP contribution in [0.3, 0.4) is 0 Å². The zero-order valence-electron chi connectivity index (χ0n) is 57.6. The monoisotopic (exact) mass is 1410 g/mol. The van der Waals surface area contributed by atoms with E-state index in [1.54, 1.807) is 45.3 Å². The van der Waals surface area contributed by atoms with Gasteiger partial charge in [-0.3, -0.25) is 9.59 Å². The van der Waals surface area contributed by atoms with Gasteiger partial charge in [0.05, 0.1) is 32.3 Å². The van der Waals surface area contributed by atoms with E-state index in [1.165, 1.54) is 201 Å². The molecule has 2 atom stereocenters. The third kappa shape index (κ3) is 19.2. The largest absolute Gasteiger partial charge is 0.304 e. The molecule has 0 spiro atoms. The second kappa shape index (κ2) is 38.3. The molecular weight excluding hydrogens is 1310 g/mol. The molecule has 10 rings (SSSR count). The van der Waals surface area contributed by atoms with Crippen LogP contribution in [0.4, 0.5) is 0 Å². The first-order chi connectivity index (χ1) is 46.2. The summed E-state index contributed by atoms with van der Waals surface area (Å²) in [5.74, 6) is 0.531. The molecule has 0 saturated heterocycles. The highest BCUT2D eigenvalue weighted by Gasteiger charge is 2.51. The van der Waals surface area contributed by atoms with E-state index in [1.807, 2.05) is 45.3 Å². The first-order valence-electron chi connectivity index (χ1n) is 36.8. The molecule has 2 unspecified atom stereocenters.